The Hall–Kier alpha value is 0.360. The van der Waals surface area contributed by atoms with Gasteiger partial charge in [-0.2, -0.15) is 0 Å². The number of aliphatic hydroxyl groups excluding tert-OH is 2. The Morgan fingerprint density at radius 3 is 1.48 bits per heavy atom. The molecule has 130 valence electrons. The first-order valence-electron chi connectivity index (χ1n) is 8.76. The highest BCUT2D eigenvalue weighted by atomic mass is 79.9. The van der Waals surface area contributed by atoms with Crippen molar-refractivity contribution in [1.82, 2.24) is 0 Å². The number of alkyl halides is 1. The van der Waals surface area contributed by atoms with E-state index in [1.807, 2.05) is 0 Å². The minimum Gasteiger partial charge on any atom is -0.396 e. The van der Waals surface area contributed by atoms with Crippen LogP contribution in [-0.4, -0.2) is 34.8 Å². The van der Waals surface area contributed by atoms with Crippen molar-refractivity contribution >= 4 is 15.9 Å². The van der Waals surface area contributed by atoms with Crippen LogP contribution in [0.4, 0.5) is 0 Å². The van der Waals surface area contributed by atoms with Crippen molar-refractivity contribution in [2.45, 2.75) is 90.0 Å². The number of hydrogen-bond donors (Lipinski definition) is 3. The molecule has 4 N–H and O–H groups in total. The zero-order valence-electron chi connectivity index (χ0n) is 14.0. The smallest absolute Gasteiger partial charge is 0.0445 e. The lowest BCUT2D eigenvalue weighted by Crippen LogP contribution is -2.22. The fraction of sp³-hybridized carbons (Fsp3) is 1.00. The van der Waals surface area contributed by atoms with Crippen molar-refractivity contribution in [2.24, 2.45) is 5.73 Å². The fourth-order valence-electron chi connectivity index (χ4n) is 2.06. The second kappa shape index (κ2) is 22.6. The standard InChI is InChI=1S/C12H25Br.C5H13NO2/c1-2-3-4-5-6-7-8-9-10-11-12-13;6-5(1-3-7)2-4-8/h2-12H2,1H3;5,7-8H,1-4,6H2. The van der Waals surface area contributed by atoms with Crippen LogP contribution in [0.15, 0.2) is 0 Å². The van der Waals surface area contributed by atoms with E-state index >= 15 is 0 Å². The maximum absolute atomic E-state index is 8.30. The third-order valence-electron chi connectivity index (χ3n) is 3.49. The van der Waals surface area contributed by atoms with E-state index in [4.69, 9.17) is 15.9 Å². The first-order chi connectivity index (χ1) is 10.2. The Morgan fingerprint density at radius 2 is 1.14 bits per heavy atom. The number of nitrogens with two attached hydrogens (primary N) is 1. The summed E-state index contributed by atoms with van der Waals surface area (Å²) in [5.41, 5.74) is 5.37. The van der Waals surface area contributed by atoms with Gasteiger partial charge in [-0.15, -0.1) is 0 Å². The summed E-state index contributed by atoms with van der Waals surface area (Å²) in [6, 6.07) is -0.0370. The van der Waals surface area contributed by atoms with Gasteiger partial charge in [0.05, 0.1) is 0 Å². The van der Waals surface area contributed by atoms with Crippen molar-refractivity contribution in [2.75, 3.05) is 18.5 Å². The van der Waals surface area contributed by atoms with Crippen LogP contribution >= 0.6 is 15.9 Å². The number of aliphatic hydroxyl groups is 2. The van der Waals surface area contributed by atoms with Crippen molar-refractivity contribution < 1.29 is 10.2 Å². The van der Waals surface area contributed by atoms with E-state index in [1.165, 1.54) is 69.5 Å². The topological polar surface area (TPSA) is 66.5 Å². The summed E-state index contributed by atoms with van der Waals surface area (Å²) in [6.07, 6.45) is 15.5. The van der Waals surface area contributed by atoms with Gasteiger partial charge in [-0.1, -0.05) is 80.6 Å². The molecule has 0 aliphatic rings. The second-order valence-corrected chi connectivity index (χ2v) is 6.45. The molecule has 0 aliphatic carbocycles. The molecule has 0 saturated carbocycles. The molecule has 0 aromatic rings. The fourth-order valence-corrected chi connectivity index (χ4v) is 2.45. The quantitative estimate of drug-likeness (QED) is 0.315. The monoisotopic (exact) mass is 367 g/mol. The van der Waals surface area contributed by atoms with Crippen LogP contribution in [0.3, 0.4) is 0 Å². The highest BCUT2D eigenvalue weighted by molar-refractivity contribution is 9.09. The molecule has 3 nitrogen and oxygen atoms in total. The molecule has 0 rings (SSSR count). The number of halogens is 1. The van der Waals surface area contributed by atoms with Crippen molar-refractivity contribution in [1.29, 1.82) is 0 Å². The van der Waals surface area contributed by atoms with E-state index in [1.54, 1.807) is 0 Å². The third kappa shape index (κ3) is 25.6. The van der Waals surface area contributed by atoms with Crippen LogP contribution in [0.5, 0.6) is 0 Å². The summed E-state index contributed by atoms with van der Waals surface area (Å²) in [4.78, 5) is 0. The van der Waals surface area contributed by atoms with Gasteiger partial charge in [0, 0.05) is 24.6 Å². The van der Waals surface area contributed by atoms with E-state index in [0.717, 1.165) is 0 Å². The average molecular weight is 368 g/mol. The Bertz CT molecular complexity index is 155. The molecule has 0 bridgehead atoms. The first kappa shape index (κ1) is 23.6. The molecule has 0 unspecified atom stereocenters. The first-order valence-corrected chi connectivity index (χ1v) is 9.88. The molecular weight excluding hydrogens is 330 g/mol. The Kier molecular flexibility index (Phi) is 25.5. The van der Waals surface area contributed by atoms with Crippen LogP contribution in [0.25, 0.3) is 0 Å². The van der Waals surface area contributed by atoms with Gasteiger partial charge in [0.1, 0.15) is 0 Å². The van der Waals surface area contributed by atoms with Gasteiger partial charge in [0.15, 0.2) is 0 Å². The van der Waals surface area contributed by atoms with Gasteiger partial charge < -0.3 is 15.9 Å². The molecule has 0 saturated heterocycles. The zero-order chi connectivity index (χ0) is 16.2. The minimum absolute atomic E-state index is 0.0370. The number of unbranched alkanes of at least 4 members (excludes halogenated alkanes) is 9. The molecule has 21 heavy (non-hydrogen) atoms. The van der Waals surface area contributed by atoms with Crippen LogP contribution in [0, 0.1) is 0 Å². The summed E-state index contributed by atoms with van der Waals surface area (Å²) < 4.78 is 0. The molecule has 0 spiro atoms. The molecule has 0 fully saturated rings. The van der Waals surface area contributed by atoms with Crippen molar-refractivity contribution in [3.63, 3.8) is 0 Å². The maximum atomic E-state index is 8.30. The van der Waals surface area contributed by atoms with Gasteiger partial charge in [0.2, 0.25) is 0 Å². The Labute approximate surface area is 140 Å². The van der Waals surface area contributed by atoms with Gasteiger partial charge in [-0.05, 0) is 19.3 Å². The van der Waals surface area contributed by atoms with E-state index in [0.29, 0.717) is 12.8 Å². The van der Waals surface area contributed by atoms with Gasteiger partial charge in [-0.25, -0.2) is 0 Å². The van der Waals surface area contributed by atoms with E-state index in [9.17, 15) is 0 Å². The van der Waals surface area contributed by atoms with E-state index < -0.39 is 0 Å². The predicted molar refractivity (Wildman–Crippen MR) is 97.0 cm³/mol. The third-order valence-corrected chi connectivity index (χ3v) is 4.05. The minimum atomic E-state index is -0.0370. The molecule has 0 radical (unpaired) electrons. The molecule has 0 aromatic heterocycles. The largest absolute Gasteiger partial charge is 0.396 e. The van der Waals surface area contributed by atoms with Gasteiger partial charge in [0.25, 0.3) is 0 Å². The molecule has 0 heterocycles. The second-order valence-electron chi connectivity index (χ2n) is 5.66. The number of rotatable bonds is 14. The Morgan fingerprint density at radius 1 is 0.762 bits per heavy atom. The van der Waals surface area contributed by atoms with E-state index in [2.05, 4.69) is 22.9 Å². The predicted octanol–water partition coefficient (Wildman–Crippen LogP) is 4.38. The normalized spacial score (nSPS) is 10.6. The van der Waals surface area contributed by atoms with Gasteiger partial charge in [-0.3, -0.25) is 0 Å². The summed E-state index contributed by atoms with van der Waals surface area (Å²) in [5, 5.41) is 17.8. The molecule has 0 aliphatic heterocycles. The molecule has 4 heteroatoms. The molecule has 0 aromatic carbocycles. The summed E-state index contributed by atoms with van der Waals surface area (Å²) >= 11 is 3.46. The van der Waals surface area contributed by atoms with Crippen molar-refractivity contribution in [3.8, 4) is 0 Å². The average Bonchev–Trinajstić information content (AvgIpc) is 2.47. The van der Waals surface area contributed by atoms with Crippen LogP contribution in [-0.2, 0) is 0 Å². The summed E-state index contributed by atoms with van der Waals surface area (Å²) in [6.45, 7) is 2.50. The van der Waals surface area contributed by atoms with Gasteiger partial charge >= 0.3 is 0 Å². The van der Waals surface area contributed by atoms with Crippen LogP contribution in [0.2, 0.25) is 0 Å². The van der Waals surface area contributed by atoms with Crippen molar-refractivity contribution in [3.05, 3.63) is 0 Å². The SMILES string of the molecule is CCCCCCCCCCCCBr.NC(CCO)CCO. The molecule has 0 amide bonds. The lowest BCUT2D eigenvalue weighted by Gasteiger charge is -2.05. The molecule has 0 atom stereocenters. The van der Waals surface area contributed by atoms with Crippen LogP contribution in [0.1, 0.15) is 84.0 Å². The highest BCUT2D eigenvalue weighted by Crippen LogP contribution is 2.10. The summed E-state index contributed by atoms with van der Waals surface area (Å²) in [7, 11) is 0. The maximum Gasteiger partial charge on any atom is 0.0445 e. The number of hydrogen-bond acceptors (Lipinski definition) is 3. The summed E-state index contributed by atoms with van der Waals surface area (Å²) in [5.74, 6) is 0. The lowest BCUT2D eigenvalue weighted by molar-refractivity contribution is 0.242. The molecular formula is C17H38BrNO2. The highest BCUT2D eigenvalue weighted by Gasteiger charge is 1.97. The Balaban J connectivity index is 0. The van der Waals surface area contributed by atoms with E-state index in [-0.39, 0.29) is 19.3 Å². The zero-order valence-corrected chi connectivity index (χ0v) is 15.6. The van der Waals surface area contributed by atoms with Crippen LogP contribution < -0.4 is 5.73 Å². The lowest BCUT2D eigenvalue weighted by atomic mass is 10.1.